The molecule has 0 amide bonds. The van der Waals surface area contributed by atoms with Crippen molar-refractivity contribution in [2.45, 2.75) is 6.04 Å². The molecule has 0 unspecified atom stereocenters. The summed E-state index contributed by atoms with van der Waals surface area (Å²) in [5.41, 5.74) is 2.29. The Kier molecular flexibility index (Phi) is 3.53. The number of aryl methyl sites for hydroxylation is 1. The van der Waals surface area contributed by atoms with Gasteiger partial charge in [0.15, 0.2) is 0 Å². The number of nitrogens with zero attached hydrogens (tertiary/aromatic N) is 2. The van der Waals surface area contributed by atoms with Gasteiger partial charge in [0.1, 0.15) is 6.67 Å². The molecule has 0 radical (unpaired) electrons. The normalized spacial score (nSPS) is 18.8. The first-order valence-electron chi connectivity index (χ1n) is 6.86. The molecule has 0 spiro atoms. The van der Waals surface area contributed by atoms with Crippen LogP contribution in [0.3, 0.4) is 0 Å². The average Bonchev–Trinajstić information content (AvgIpc) is 2.79. The number of rotatable bonds is 3. The predicted octanol–water partition coefficient (Wildman–Crippen LogP) is 2.09. The molecular weight excluding hydrogens is 241 g/mol. The van der Waals surface area contributed by atoms with Crippen LogP contribution in [0.4, 0.5) is 4.39 Å². The molecule has 1 atom stereocenters. The third-order valence-electron chi connectivity index (χ3n) is 4.03. The lowest BCUT2D eigenvalue weighted by atomic mass is 10.0. The summed E-state index contributed by atoms with van der Waals surface area (Å²) in [5, 5.41) is 4.49. The summed E-state index contributed by atoms with van der Waals surface area (Å²) < 4.78 is 15.7. The van der Waals surface area contributed by atoms with Gasteiger partial charge < -0.3 is 9.88 Å². The zero-order chi connectivity index (χ0) is 13.2. The van der Waals surface area contributed by atoms with Gasteiger partial charge in [0, 0.05) is 50.3 Å². The first kappa shape index (κ1) is 12.6. The van der Waals surface area contributed by atoms with E-state index in [9.17, 15) is 4.39 Å². The van der Waals surface area contributed by atoms with Gasteiger partial charge in [-0.25, -0.2) is 4.39 Å². The fraction of sp³-hybridized carbons (Fsp3) is 0.467. The van der Waals surface area contributed by atoms with E-state index in [-0.39, 0.29) is 12.7 Å². The number of halogens is 1. The highest BCUT2D eigenvalue weighted by atomic mass is 19.1. The van der Waals surface area contributed by atoms with Crippen LogP contribution in [-0.4, -0.2) is 42.3 Å². The molecule has 0 saturated carbocycles. The Morgan fingerprint density at radius 1 is 1.26 bits per heavy atom. The number of alkyl halides is 1. The maximum atomic E-state index is 13.6. The highest BCUT2D eigenvalue weighted by molar-refractivity contribution is 5.84. The molecule has 1 aromatic carbocycles. The number of piperazine rings is 1. The van der Waals surface area contributed by atoms with Crippen LogP contribution >= 0.6 is 0 Å². The highest BCUT2D eigenvalue weighted by Gasteiger charge is 2.24. The molecule has 19 heavy (non-hydrogen) atoms. The van der Waals surface area contributed by atoms with E-state index in [1.54, 1.807) is 0 Å². The second kappa shape index (κ2) is 5.31. The number of para-hydroxylation sites is 1. The second-order valence-electron chi connectivity index (χ2n) is 5.17. The zero-order valence-electron chi connectivity index (χ0n) is 11.3. The van der Waals surface area contributed by atoms with E-state index in [2.05, 4.69) is 33.1 Å². The molecule has 102 valence electrons. The predicted molar refractivity (Wildman–Crippen MR) is 76.1 cm³/mol. The lowest BCUT2D eigenvalue weighted by Gasteiger charge is -2.33. The Morgan fingerprint density at radius 3 is 2.74 bits per heavy atom. The molecule has 1 aliphatic heterocycles. The molecule has 1 fully saturated rings. The van der Waals surface area contributed by atoms with Crippen LogP contribution in [-0.2, 0) is 7.05 Å². The van der Waals surface area contributed by atoms with Gasteiger partial charge in [-0.1, -0.05) is 18.2 Å². The highest BCUT2D eigenvalue weighted by Crippen LogP contribution is 2.30. The molecule has 1 aliphatic rings. The third-order valence-corrected chi connectivity index (χ3v) is 4.03. The fourth-order valence-corrected chi connectivity index (χ4v) is 3.01. The molecule has 3 nitrogen and oxygen atoms in total. The lowest BCUT2D eigenvalue weighted by Crippen LogP contribution is -2.45. The molecule has 3 rings (SSSR count). The van der Waals surface area contributed by atoms with Crippen LogP contribution < -0.4 is 5.32 Å². The SMILES string of the molecule is Cn1cc([C@@H](CF)N2CCNCC2)c2ccccc21. The van der Waals surface area contributed by atoms with Crippen molar-refractivity contribution in [1.29, 1.82) is 0 Å². The Balaban J connectivity index is 2.01. The second-order valence-corrected chi connectivity index (χ2v) is 5.17. The lowest BCUT2D eigenvalue weighted by molar-refractivity contribution is 0.148. The smallest absolute Gasteiger partial charge is 0.109 e. The van der Waals surface area contributed by atoms with Crippen LogP contribution in [0.2, 0.25) is 0 Å². The van der Waals surface area contributed by atoms with E-state index in [0.29, 0.717) is 0 Å². The fourth-order valence-electron chi connectivity index (χ4n) is 3.01. The minimum Gasteiger partial charge on any atom is -0.350 e. The number of hydrogen-bond donors (Lipinski definition) is 1. The maximum Gasteiger partial charge on any atom is 0.109 e. The van der Waals surface area contributed by atoms with Crippen LogP contribution in [0.25, 0.3) is 10.9 Å². The zero-order valence-corrected chi connectivity index (χ0v) is 11.3. The molecule has 4 heteroatoms. The monoisotopic (exact) mass is 261 g/mol. The number of nitrogens with one attached hydrogen (secondary N) is 1. The Labute approximate surface area is 113 Å². The number of benzene rings is 1. The van der Waals surface area contributed by atoms with Gasteiger partial charge in [0.2, 0.25) is 0 Å². The molecule has 1 saturated heterocycles. The van der Waals surface area contributed by atoms with Crippen molar-refractivity contribution in [3.63, 3.8) is 0 Å². The number of aromatic nitrogens is 1. The molecule has 0 aliphatic carbocycles. The van der Waals surface area contributed by atoms with Crippen molar-refractivity contribution >= 4 is 10.9 Å². The number of hydrogen-bond acceptors (Lipinski definition) is 2. The van der Waals surface area contributed by atoms with E-state index < -0.39 is 0 Å². The Bertz CT molecular complexity index is 558. The molecule has 1 aromatic heterocycles. The van der Waals surface area contributed by atoms with Gasteiger partial charge in [0.05, 0.1) is 6.04 Å². The first-order chi connectivity index (χ1) is 9.31. The molecule has 0 bridgehead atoms. The molecule has 2 aromatic rings. The van der Waals surface area contributed by atoms with Gasteiger partial charge in [0.25, 0.3) is 0 Å². The van der Waals surface area contributed by atoms with Crippen molar-refractivity contribution in [3.8, 4) is 0 Å². The quantitative estimate of drug-likeness (QED) is 0.913. The van der Waals surface area contributed by atoms with Gasteiger partial charge in [-0.05, 0) is 11.6 Å². The molecule has 1 N–H and O–H groups in total. The topological polar surface area (TPSA) is 20.2 Å². The van der Waals surface area contributed by atoms with Gasteiger partial charge in [-0.15, -0.1) is 0 Å². The van der Waals surface area contributed by atoms with Crippen LogP contribution in [0.1, 0.15) is 11.6 Å². The summed E-state index contributed by atoms with van der Waals surface area (Å²) in [6, 6.07) is 8.12. The minimum atomic E-state index is -0.325. The number of fused-ring (bicyclic) bond motifs is 1. The van der Waals surface area contributed by atoms with E-state index >= 15 is 0 Å². The maximum absolute atomic E-state index is 13.6. The van der Waals surface area contributed by atoms with Crippen molar-refractivity contribution in [3.05, 3.63) is 36.0 Å². The van der Waals surface area contributed by atoms with Crippen LogP contribution in [0.15, 0.2) is 30.5 Å². The third kappa shape index (κ3) is 2.26. The van der Waals surface area contributed by atoms with E-state index in [1.165, 1.54) is 10.9 Å². The minimum absolute atomic E-state index is 0.117. The van der Waals surface area contributed by atoms with Crippen LogP contribution in [0.5, 0.6) is 0 Å². The van der Waals surface area contributed by atoms with E-state index in [1.807, 2.05) is 19.2 Å². The summed E-state index contributed by atoms with van der Waals surface area (Å²) in [6.45, 7) is 3.39. The standard InChI is InChI=1S/C15H20FN3/c1-18-11-13(12-4-2-3-5-14(12)18)15(10-16)19-8-6-17-7-9-19/h2-5,11,15,17H,6-10H2,1H3/t15-/m1/s1. The summed E-state index contributed by atoms with van der Waals surface area (Å²) in [7, 11) is 2.03. The summed E-state index contributed by atoms with van der Waals surface area (Å²) >= 11 is 0. The van der Waals surface area contributed by atoms with Crippen molar-refractivity contribution in [1.82, 2.24) is 14.8 Å². The Morgan fingerprint density at radius 2 is 2.00 bits per heavy atom. The largest absolute Gasteiger partial charge is 0.350 e. The van der Waals surface area contributed by atoms with E-state index in [0.717, 1.165) is 31.7 Å². The van der Waals surface area contributed by atoms with Crippen molar-refractivity contribution in [2.24, 2.45) is 7.05 Å². The summed E-state index contributed by atoms with van der Waals surface area (Å²) in [4.78, 5) is 2.25. The first-order valence-corrected chi connectivity index (χ1v) is 6.86. The Hall–Kier alpha value is -1.39. The molecular formula is C15H20FN3. The van der Waals surface area contributed by atoms with Crippen LogP contribution in [0, 0.1) is 0 Å². The van der Waals surface area contributed by atoms with E-state index in [4.69, 9.17) is 0 Å². The van der Waals surface area contributed by atoms with Crippen molar-refractivity contribution in [2.75, 3.05) is 32.9 Å². The van der Waals surface area contributed by atoms with Gasteiger partial charge >= 0.3 is 0 Å². The summed E-state index contributed by atoms with van der Waals surface area (Å²) in [6.07, 6.45) is 2.08. The van der Waals surface area contributed by atoms with Gasteiger partial charge in [-0.3, -0.25) is 4.90 Å². The van der Waals surface area contributed by atoms with Gasteiger partial charge in [-0.2, -0.15) is 0 Å². The summed E-state index contributed by atoms with van der Waals surface area (Å²) in [5.74, 6) is 0. The average molecular weight is 261 g/mol. The van der Waals surface area contributed by atoms with Crippen molar-refractivity contribution < 1.29 is 4.39 Å². The molecule has 2 heterocycles.